The number of halogens is 1. The minimum absolute atomic E-state index is 0.179. The molecule has 1 heterocycles. The molecule has 1 aromatic heterocycles. The Bertz CT molecular complexity index is 986. The number of amides is 2. The molecule has 3 aromatic rings. The summed E-state index contributed by atoms with van der Waals surface area (Å²) in [6.07, 6.45) is 0. The van der Waals surface area contributed by atoms with E-state index in [0.29, 0.717) is 16.8 Å². The molecule has 0 fully saturated rings. The maximum Gasteiger partial charge on any atom is 0.291 e. The lowest BCUT2D eigenvalue weighted by molar-refractivity contribution is 0.0920. The molecule has 0 saturated heterocycles. The molecule has 0 aliphatic rings. The van der Waals surface area contributed by atoms with Crippen LogP contribution in [0.5, 0.6) is 0 Å². The monoisotopic (exact) mass is 414 g/mol. The fraction of sp³-hybridized carbons (Fsp3) is 0.200. The topological polar surface area (TPSA) is 71.3 Å². The number of rotatable bonds is 3. The largest absolute Gasteiger partial charge is 0.450 e. The zero-order chi connectivity index (χ0) is 18.9. The molecular formula is C20H19BrN2O3. The molecule has 3 rings (SSSR count). The predicted molar refractivity (Wildman–Crippen MR) is 106 cm³/mol. The highest BCUT2D eigenvalue weighted by Crippen LogP contribution is 2.27. The number of fused-ring (bicyclic) bond motifs is 1. The standard InChI is InChI=1S/C20H19BrN2O3/c1-20(2,3)23-18(24)13-8-4-5-10-15(13)22-19(25)16-11-12-7-6-9-14(21)17(12)26-16/h4-11H,1-3H3,(H,22,25)(H,23,24). The second-order valence-corrected chi connectivity index (χ2v) is 7.83. The van der Waals surface area contributed by atoms with Crippen molar-refractivity contribution in [1.29, 1.82) is 0 Å². The molecule has 0 bridgehead atoms. The molecule has 26 heavy (non-hydrogen) atoms. The summed E-state index contributed by atoms with van der Waals surface area (Å²) < 4.78 is 6.43. The molecule has 5 nitrogen and oxygen atoms in total. The number of para-hydroxylation sites is 2. The molecule has 0 atom stereocenters. The first-order chi connectivity index (χ1) is 12.2. The van der Waals surface area contributed by atoms with Crippen molar-refractivity contribution in [2.45, 2.75) is 26.3 Å². The summed E-state index contributed by atoms with van der Waals surface area (Å²) in [6.45, 7) is 5.70. The molecule has 6 heteroatoms. The van der Waals surface area contributed by atoms with Crippen molar-refractivity contribution >= 4 is 44.4 Å². The quantitative estimate of drug-likeness (QED) is 0.634. The molecule has 0 saturated carbocycles. The number of hydrogen-bond acceptors (Lipinski definition) is 3. The minimum Gasteiger partial charge on any atom is -0.450 e. The third-order valence-corrected chi connectivity index (χ3v) is 4.25. The number of carbonyl (C=O) groups is 2. The fourth-order valence-corrected chi connectivity index (χ4v) is 2.98. The Morgan fingerprint density at radius 1 is 1.00 bits per heavy atom. The highest BCUT2D eigenvalue weighted by Gasteiger charge is 2.20. The second-order valence-electron chi connectivity index (χ2n) is 6.97. The highest BCUT2D eigenvalue weighted by atomic mass is 79.9. The summed E-state index contributed by atoms with van der Waals surface area (Å²) in [7, 11) is 0. The van der Waals surface area contributed by atoms with Crippen molar-refractivity contribution in [3.05, 3.63) is 64.3 Å². The lowest BCUT2D eigenvalue weighted by atomic mass is 10.1. The molecule has 2 aromatic carbocycles. The molecule has 2 amide bonds. The average Bonchev–Trinajstić information content (AvgIpc) is 2.99. The van der Waals surface area contributed by atoms with E-state index >= 15 is 0 Å². The minimum atomic E-state index is -0.413. The Morgan fingerprint density at radius 3 is 2.42 bits per heavy atom. The van der Waals surface area contributed by atoms with Crippen LogP contribution in [0.3, 0.4) is 0 Å². The second kappa shape index (κ2) is 6.96. The summed E-state index contributed by atoms with van der Waals surface area (Å²) in [6, 6.07) is 14.1. The van der Waals surface area contributed by atoms with Crippen LogP contribution in [0, 0.1) is 0 Å². The fourth-order valence-electron chi connectivity index (χ4n) is 2.52. The van der Waals surface area contributed by atoms with Gasteiger partial charge < -0.3 is 15.1 Å². The van der Waals surface area contributed by atoms with Gasteiger partial charge in [-0.15, -0.1) is 0 Å². The van der Waals surface area contributed by atoms with Gasteiger partial charge in [0, 0.05) is 10.9 Å². The number of nitrogens with one attached hydrogen (secondary N) is 2. The Morgan fingerprint density at radius 2 is 1.73 bits per heavy atom. The third-order valence-electron chi connectivity index (χ3n) is 3.63. The van der Waals surface area contributed by atoms with Gasteiger partial charge in [0.2, 0.25) is 0 Å². The lowest BCUT2D eigenvalue weighted by Gasteiger charge is -2.21. The predicted octanol–water partition coefficient (Wildman–Crippen LogP) is 4.98. The van der Waals surface area contributed by atoms with E-state index in [1.165, 1.54) is 0 Å². The van der Waals surface area contributed by atoms with Crippen LogP contribution in [-0.2, 0) is 0 Å². The molecule has 0 spiro atoms. The van der Waals surface area contributed by atoms with E-state index in [1.807, 2.05) is 39.0 Å². The maximum absolute atomic E-state index is 12.6. The van der Waals surface area contributed by atoms with Crippen molar-refractivity contribution in [3.63, 3.8) is 0 Å². The lowest BCUT2D eigenvalue weighted by Crippen LogP contribution is -2.40. The number of carbonyl (C=O) groups excluding carboxylic acids is 2. The van der Waals surface area contributed by atoms with Crippen LogP contribution < -0.4 is 10.6 Å². The van der Waals surface area contributed by atoms with Crippen LogP contribution in [0.15, 0.2) is 57.4 Å². The maximum atomic E-state index is 12.6. The molecular weight excluding hydrogens is 396 g/mol. The summed E-state index contributed by atoms with van der Waals surface area (Å²) in [4.78, 5) is 25.1. The molecule has 0 aliphatic heterocycles. The Hall–Kier alpha value is -2.60. The van der Waals surface area contributed by atoms with Gasteiger partial charge in [0.1, 0.15) is 5.58 Å². The van der Waals surface area contributed by atoms with Crippen LogP contribution in [0.1, 0.15) is 41.7 Å². The number of hydrogen-bond donors (Lipinski definition) is 2. The Labute approximate surface area is 159 Å². The normalized spacial score (nSPS) is 11.4. The van der Waals surface area contributed by atoms with Crippen LogP contribution in [0.25, 0.3) is 11.0 Å². The summed E-state index contributed by atoms with van der Waals surface area (Å²) >= 11 is 3.41. The zero-order valence-corrected chi connectivity index (χ0v) is 16.3. The van der Waals surface area contributed by atoms with Crippen LogP contribution in [-0.4, -0.2) is 17.4 Å². The van der Waals surface area contributed by atoms with Gasteiger partial charge in [-0.1, -0.05) is 24.3 Å². The van der Waals surface area contributed by atoms with E-state index in [2.05, 4.69) is 26.6 Å². The van der Waals surface area contributed by atoms with Crippen molar-refractivity contribution in [2.75, 3.05) is 5.32 Å². The van der Waals surface area contributed by atoms with E-state index in [1.54, 1.807) is 30.3 Å². The van der Waals surface area contributed by atoms with Crippen molar-refractivity contribution < 1.29 is 14.0 Å². The summed E-state index contributed by atoms with van der Waals surface area (Å²) in [5, 5.41) is 6.49. The van der Waals surface area contributed by atoms with E-state index in [4.69, 9.17) is 4.42 Å². The number of furan rings is 1. The van der Waals surface area contributed by atoms with Gasteiger partial charge in [-0.25, -0.2) is 0 Å². The van der Waals surface area contributed by atoms with E-state index in [9.17, 15) is 9.59 Å². The van der Waals surface area contributed by atoms with Gasteiger partial charge in [0.05, 0.1) is 15.7 Å². The van der Waals surface area contributed by atoms with Crippen LogP contribution in [0.2, 0.25) is 0 Å². The van der Waals surface area contributed by atoms with Gasteiger partial charge in [0.25, 0.3) is 11.8 Å². The number of anilines is 1. The zero-order valence-electron chi connectivity index (χ0n) is 14.7. The molecule has 134 valence electrons. The van der Waals surface area contributed by atoms with Gasteiger partial charge in [-0.05, 0) is 61.0 Å². The average molecular weight is 415 g/mol. The Balaban J connectivity index is 1.87. The van der Waals surface area contributed by atoms with Crippen molar-refractivity contribution in [1.82, 2.24) is 5.32 Å². The van der Waals surface area contributed by atoms with E-state index in [-0.39, 0.29) is 17.2 Å². The van der Waals surface area contributed by atoms with Crippen LogP contribution in [0.4, 0.5) is 5.69 Å². The summed E-state index contributed by atoms with van der Waals surface area (Å²) in [5.74, 6) is -0.484. The summed E-state index contributed by atoms with van der Waals surface area (Å²) in [5.41, 5.74) is 1.06. The van der Waals surface area contributed by atoms with Gasteiger partial charge in [-0.3, -0.25) is 9.59 Å². The van der Waals surface area contributed by atoms with Gasteiger partial charge >= 0.3 is 0 Å². The highest BCUT2D eigenvalue weighted by molar-refractivity contribution is 9.10. The first-order valence-electron chi connectivity index (χ1n) is 8.15. The number of benzene rings is 2. The van der Waals surface area contributed by atoms with E-state index in [0.717, 1.165) is 9.86 Å². The third kappa shape index (κ3) is 3.96. The SMILES string of the molecule is CC(C)(C)NC(=O)c1ccccc1NC(=O)c1cc2cccc(Br)c2o1. The first kappa shape index (κ1) is 18.2. The molecule has 2 N–H and O–H groups in total. The smallest absolute Gasteiger partial charge is 0.291 e. The Kier molecular flexibility index (Phi) is 4.87. The van der Waals surface area contributed by atoms with Crippen molar-refractivity contribution in [2.24, 2.45) is 0 Å². The molecule has 0 unspecified atom stereocenters. The van der Waals surface area contributed by atoms with Crippen LogP contribution >= 0.6 is 15.9 Å². The van der Waals surface area contributed by atoms with E-state index < -0.39 is 5.91 Å². The first-order valence-corrected chi connectivity index (χ1v) is 8.95. The molecule has 0 radical (unpaired) electrons. The van der Waals surface area contributed by atoms with Crippen molar-refractivity contribution in [3.8, 4) is 0 Å². The van der Waals surface area contributed by atoms with Gasteiger partial charge in [-0.2, -0.15) is 0 Å². The van der Waals surface area contributed by atoms with Gasteiger partial charge in [0.15, 0.2) is 5.76 Å². The molecule has 0 aliphatic carbocycles.